The van der Waals surface area contributed by atoms with Crippen LogP contribution in [-0.2, 0) is 11.3 Å². The minimum absolute atomic E-state index is 0.00507. The third-order valence-corrected chi connectivity index (χ3v) is 3.76. The number of nitriles is 1. The molecule has 1 atom stereocenters. The maximum absolute atomic E-state index is 11.0. The van der Waals surface area contributed by atoms with Crippen molar-refractivity contribution in [1.82, 2.24) is 4.90 Å². The Morgan fingerprint density at radius 3 is 2.53 bits per heavy atom. The second kappa shape index (κ2) is 6.35. The predicted octanol–water partition coefficient (Wildman–Crippen LogP) is 2.12. The van der Waals surface area contributed by atoms with Crippen LogP contribution in [0, 0.1) is 23.2 Å². The van der Waals surface area contributed by atoms with Crippen molar-refractivity contribution in [3.8, 4) is 6.07 Å². The van der Waals surface area contributed by atoms with Crippen LogP contribution in [0.3, 0.4) is 0 Å². The number of carboxylic acid groups (broad SMARTS) is 1. The van der Waals surface area contributed by atoms with E-state index >= 15 is 0 Å². The van der Waals surface area contributed by atoms with Crippen molar-refractivity contribution >= 4 is 5.97 Å². The van der Waals surface area contributed by atoms with Gasteiger partial charge in [-0.3, -0.25) is 9.69 Å². The van der Waals surface area contributed by atoms with Crippen LogP contribution >= 0.6 is 0 Å². The Morgan fingerprint density at radius 2 is 2.00 bits per heavy atom. The van der Waals surface area contributed by atoms with Gasteiger partial charge < -0.3 is 5.11 Å². The number of hydrogen-bond donors (Lipinski definition) is 1. The summed E-state index contributed by atoms with van der Waals surface area (Å²) in [4.78, 5) is 13.3. The van der Waals surface area contributed by atoms with Gasteiger partial charge in [-0.05, 0) is 37.4 Å². The Kier molecular flexibility index (Phi) is 4.53. The molecule has 2 rings (SSSR count). The maximum Gasteiger partial charge on any atom is 0.321 e. The molecule has 100 valence electrons. The molecule has 1 aliphatic rings. The van der Waals surface area contributed by atoms with Gasteiger partial charge in [0.2, 0.25) is 0 Å². The van der Waals surface area contributed by atoms with E-state index in [2.05, 4.69) is 17.0 Å². The van der Waals surface area contributed by atoms with Gasteiger partial charge in [-0.15, -0.1) is 0 Å². The summed E-state index contributed by atoms with van der Waals surface area (Å²) in [7, 11) is 0. The van der Waals surface area contributed by atoms with Crippen molar-refractivity contribution in [3.63, 3.8) is 0 Å². The largest absolute Gasteiger partial charge is 0.480 e. The molecule has 0 spiro atoms. The van der Waals surface area contributed by atoms with Gasteiger partial charge in [0.05, 0.1) is 6.07 Å². The summed E-state index contributed by atoms with van der Waals surface area (Å²) in [5.41, 5.74) is 1.27. The van der Waals surface area contributed by atoms with E-state index in [1.807, 2.05) is 24.3 Å². The number of piperidine rings is 1. The third-order valence-electron chi connectivity index (χ3n) is 3.76. The molecule has 1 aliphatic heterocycles. The predicted molar refractivity (Wildman–Crippen MR) is 71.2 cm³/mol. The van der Waals surface area contributed by atoms with Crippen molar-refractivity contribution in [2.24, 2.45) is 11.8 Å². The molecule has 0 aliphatic carbocycles. The molecule has 4 nitrogen and oxygen atoms in total. The number of nitrogens with zero attached hydrogens (tertiary/aromatic N) is 2. The SMILES string of the molecule is N#CC(C(=O)O)C1CCN(Cc2ccccc2)CC1. The summed E-state index contributed by atoms with van der Waals surface area (Å²) >= 11 is 0. The lowest BCUT2D eigenvalue weighted by atomic mass is 9.85. The van der Waals surface area contributed by atoms with Crippen LogP contribution < -0.4 is 0 Å². The van der Waals surface area contributed by atoms with Crippen LogP contribution in [0.1, 0.15) is 18.4 Å². The van der Waals surface area contributed by atoms with Gasteiger partial charge >= 0.3 is 5.97 Å². The van der Waals surface area contributed by atoms with E-state index in [0.29, 0.717) is 0 Å². The Hall–Kier alpha value is -1.86. The Balaban J connectivity index is 1.86. The highest BCUT2D eigenvalue weighted by atomic mass is 16.4. The van der Waals surface area contributed by atoms with E-state index in [-0.39, 0.29) is 5.92 Å². The molecule has 1 saturated heterocycles. The van der Waals surface area contributed by atoms with Crippen molar-refractivity contribution in [2.45, 2.75) is 19.4 Å². The highest BCUT2D eigenvalue weighted by Gasteiger charge is 2.31. The Bertz CT molecular complexity index is 459. The molecule has 19 heavy (non-hydrogen) atoms. The van der Waals surface area contributed by atoms with Gasteiger partial charge in [0.1, 0.15) is 5.92 Å². The molecule has 4 heteroatoms. The van der Waals surface area contributed by atoms with E-state index < -0.39 is 11.9 Å². The fraction of sp³-hybridized carbons (Fsp3) is 0.467. The number of likely N-dealkylation sites (tertiary alicyclic amines) is 1. The summed E-state index contributed by atoms with van der Waals surface area (Å²) in [6.07, 6.45) is 1.58. The molecule has 0 amide bonds. The number of aliphatic carboxylic acids is 1. The first-order valence-electron chi connectivity index (χ1n) is 6.59. The average Bonchev–Trinajstić information content (AvgIpc) is 2.42. The summed E-state index contributed by atoms with van der Waals surface area (Å²) in [6.45, 7) is 2.63. The number of hydrogen-bond acceptors (Lipinski definition) is 3. The third kappa shape index (κ3) is 3.55. The van der Waals surface area contributed by atoms with Crippen LogP contribution in [0.15, 0.2) is 30.3 Å². The van der Waals surface area contributed by atoms with Crippen LogP contribution in [0.4, 0.5) is 0 Å². The quantitative estimate of drug-likeness (QED) is 0.898. The number of rotatable bonds is 4. The molecule has 1 aromatic carbocycles. The van der Waals surface area contributed by atoms with Crippen LogP contribution in [0.25, 0.3) is 0 Å². The first-order valence-corrected chi connectivity index (χ1v) is 6.59. The highest BCUT2D eigenvalue weighted by molar-refractivity contribution is 5.73. The number of carboxylic acids is 1. The minimum atomic E-state index is -0.982. The molecule has 0 bridgehead atoms. The van der Waals surface area contributed by atoms with Gasteiger partial charge in [-0.1, -0.05) is 30.3 Å². The van der Waals surface area contributed by atoms with Gasteiger partial charge in [0.25, 0.3) is 0 Å². The topological polar surface area (TPSA) is 64.3 Å². The zero-order chi connectivity index (χ0) is 13.7. The van der Waals surface area contributed by atoms with Crippen molar-refractivity contribution in [1.29, 1.82) is 5.26 Å². The van der Waals surface area contributed by atoms with E-state index in [9.17, 15) is 4.79 Å². The van der Waals surface area contributed by atoms with E-state index in [1.54, 1.807) is 0 Å². The highest BCUT2D eigenvalue weighted by Crippen LogP contribution is 2.25. The smallest absolute Gasteiger partial charge is 0.321 e. The molecule has 0 saturated carbocycles. The number of carbonyl (C=O) groups is 1. The maximum atomic E-state index is 11.0. The van der Waals surface area contributed by atoms with Crippen LogP contribution in [0.5, 0.6) is 0 Å². The van der Waals surface area contributed by atoms with Crippen molar-refractivity contribution in [2.75, 3.05) is 13.1 Å². The normalized spacial score (nSPS) is 18.7. The molecular weight excluding hydrogens is 240 g/mol. The lowest BCUT2D eigenvalue weighted by molar-refractivity contribution is -0.141. The van der Waals surface area contributed by atoms with Crippen molar-refractivity contribution < 1.29 is 9.90 Å². The van der Waals surface area contributed by atoms with E-state index in [0.717, 1.165) is 32.5 Å². The first kappa shape index (κ1) is 13.6. The van der Waals surface area contributed by atoms with Gasteiger partial charge in [0, 0.05) is 6.54 Å². The molecule has 1 fully saturated rings. The lowest BCUT2D eigenvalue weighted by Gasteiger charge is -2.32. The standard InChI is InChI=1S/C15H18N2O2/c16-10-14(15(18)19)13-6-8-17(9-7-13)11-12-4-2-1-3-5-12/h1-5,13-14H,6-9,11H2,(H,18,19). The first-order chi connectivity index (χ1) is 9.20. The summed E-state index contributed by atoms with van der Waals surface area (Å²) in [5.74, 6) is -1.84. The van der Waals surface area contributed by atoms with E-state index in [1.165, 1.54) is 5.56 Å². The second-order valence-corrected chi connectivity index (χ2v) is 5.04. The average molecular weight is 258 g/mol. The molecular formula is C15H18N2O2. The van der Waals surface area contributed by atoms with Gasteiger partial charge in [-0.2, -0.15) is 5.26 Å². The summed E-state index contributed by atoms with van der Waals surface area (Å²) < 4.78 is 0. The van der Waals surface area contributed by atoms with Gasteiger partial charge in [0.15, 0.2) is 0 Å². The van der Waals surface area contributed by atoms with E-state index in [4.69, 9.17) is 10.4 Å². The summed E-state index contributed by atoms with van der Waals surface area (Å²) in [6, 6.07) is 12.2. The summed E-state index contributed by atoms with van der Waals surface area (Å²) in [5, 5.41) is 17.9. The molecule has 1 N–H and O–H groups in total. The molecule has 0 aromatic heterocycles. The molecule has 0 radical (unpaired) electrons. The molecule has 1 aromatic rings. The second-order valence-electron chi connectivity index (χ2n) is 5.04. The minimum Gasteiger partial charge on any atom is -0.480 e. The van der Waals surface area contributed by atoms with Crippen molar-refractivity contribution in [3.05, 3.63) is 35.9 Å². The lowest BCUT2D eigenvalue weighted by Crippen LogP contribution is -2.37. The number of benzene rings is 1. The molecule has 1 unspecified atom stereocenters. The fourth-order valence-electron chi connectivity index (χ4n) is 2.65. The molecule has 1 heterocycles. The zero-order valence-corrected chi connectivity index (χ0v) is 10.8. The van der Waals surface area contributed by atoms with Crippen LogP contribution in [-0.4, -0.2) is 29.1 Å². The van der Waals surface area contributed by atoms with Gasteiger partial charge in [-0.25, -0.2) is 0 Å². The fourth-order valence-corrected chi connectivity index (χ4v) is 2.65. The zero-order valence-electron chi connectivity index (χ0n) is 10.8. The monoisotopic (exact) mass is 258 g/mol. The van der Waals surface area contributed by atoms with Crippen LogP contribution in [0.2, 0.25) is 0 Å². The Labute approximate surface area is 113 Å². The Morgan fingerprint density at radius 1 is 1.37 bits per heavy atom.